The van der Waals surface area contributed by atoms with Crippen molar-refractivity contribution in [3.63, 3.8) is 0 Å². The molecular weight excluding hydrogens is 394 g/mol. The van der Waals surface area contributed by atoms with Crippen LogP contribution in [0.2, 0.25) is 0 Å². The number of nitro groups is 1. The Kier molecular flexibility index (Phi) is 5.40. The molecule has 31 heavy (non-hydrogen) atoms. The first-order valence-electron chi connectivity index (χ1n) is 9.46. The van der Waals surface area contributed by atoms with Crippen molar-refractivity contribution in [1.29, 1.82) is 0 Å². The molecule has 0 saturated heterocycles. The van der Waals surface area contributed by atoms with Gasteiger partial charge in [-0.25, -0.2) is 0 Å². The molecule has 0 spiro atoms. The van der Waals surface area contributed by atoms with Gasteiger partial charge in [0, 0.05) is 40.0 Å². The molecule has 0 radical (unpaired) electrons. The average Bonchev–Trinajstić information content (AvgIpc) is 2.79. The molecule has 0 saturated carbocycles. The van der Waals surface area contributed by atoms with Gasteiger partial charge in [0.2, 0.25) is 0 Å². The fourth-order valence-electron chi connectivity index (χ4n) is 3.20. The molecule has 2 amide bonds. The molecule has 0 aliphatic heterocycles. The summed E-state index contributed by atoms with van der Waals surface area (Å²) in [5.41, 5.74) is 1.70. The molecule has 0 bridgehead atoms. The third-order valence-electron chi connectivity index (χ3n) is 4.76. The van der Waals surface area contributed by atoms with Crippen LogP contribution in [0.4, 0.5) is 17.1 Å². The summed E-state index contributed by atoms with van der Waals surface area (Å²) in [5.74, 6) is -0.732. The zero-order valence-electron chi connectivity index (χ0n) is 16.2. The standard InChI is InChI=1S/C24H17N3O4/c28-23(17-11-13-20(14-12-17)27(30)31)25-19-8-3-7-18(15-19)24(29)26-22-10-4-6-16-5-1-2-9-21(16)22/h1-15H,(H,25,28)(H,26,29). The number of non-ortho nitro benzene ring substituents is 1. The second-order valence-corrected chi connectivity index (χ2v) is 6.82. The van der Waals surface area contributed by atoms with E-state index < -0.39 is 10.8 Å². The quantitative estimate of drug-likeness (QED) is 0.346. The molecule has 0 aliphatic rings. The molecule has 4 aromatic rings. The summed E-state index contributed by atoms with van der Waals surface area (Å²) in [6.07, 6.45) is 0. The molecule has 4 aromatic carbocycles. The van der Waals surface area contributed by atoms with E-state index in [0.717, 1.165) is 10.8 Å². The van der Waals surface area contributed by atoms with Crippen molar-refractivity contribution in [2.24, 2.45) is 0 Å². The third-order valence-corrected chi connectivity index (χ3v) is 4.76. The maximum atomic E-state index is 12.8. The Balaban J connectivity index is 1.50. The molecule has 152 valence electrons. The first kappa shape index (κ1) is 19.8. The van der Waals surface area contributed by atoms with E-state index >= 15 is 0 Å². The predicted octanol–water partition coefficient (Wildman–Crippen LogP) is 5.25. The van der Waals surface area contributed by atoms with Gasteiger partial charge < -0.3 is 10.6 Å². The van der Waals surface area contributed by atoms with E-state index in [0.29, 0.717) is 16.9 Å². The van der Waals surface area contributed by atoms with E-state index in [2.05, 4.69) is 10.6 Å². The number of nitro benzene ring substituents is 1. The second-order valence-electron chi connectivity index (χ2n) is 6.82. The first-order valence-corrected chi connectivity index (χ1v) is 9.46. The van der Waals surface area contributed by atoms with Crippen LogP contribution >= 0.6 is 0 Å². The summed E-state index contributed by atoms with van der Waals surface area (Å²) >= 11 is 0. The Hall–Kier alpha value is -4.52. The largest absolute Gasteiger partial charge is 0.322 e. The lowest BCUT2D eigenvalue weighted by Crippen LogP contribution is -2.14. The summed E-state index contributed by atoms with van der Waals surface area (Å²) < 4.78 is 0. The Morgan fingerprint density at radius 3 is 2.16 bits per heavy atom. The van der Waals surface area contributed by atoms with Crippen molar-refractivity contribution in [2.75, 3.05) is 10.6 Å². The highest BCUT2D eigenvalue weighted by atomic mass is 16.6. The highest BCUT2D eigenvalue weighted by molar-refractivity contribution is 6.10. The maximum Gasteiger partial charge on any atom is 0.269 e. The summed E-state index contributed by atoms with van der Waals surface area (Å²) in [5, 5.41) is 18.3. The number of nitrogens with one attached hydrogen (secondary N) is 2. The van der Waals surface area contributed by atoms with Gasteiger partial charge in [-0.05, 0) is 41.8 Å². The number of hydrogen-bond acceptors (Lipinski definition) is 4. The molecule has 0 aromatic heterocycles. The third kappa shape index (κ3) is 4.40. The zero-order valence-corrected chi connectivity index (χ0v) is 16.2. The highest BCUT2D eigenvalue weighted by Gasteiger charge is 2.12. The van der Waals surface area contributed by atoms with E-state index in [9.17, 15) is 19.7 Å². The van der Waals surface area contributed by atoms with Crippen LogP contribution in [0.3, 0.4) is 0 Å². The van der Waals surface area contributed by atoms with Crippen molar-refractivity contribution >= 4 is 39.6 Å². The van der Waals surface area contributed by atoms with E-state index in [1.807, 2.05) is 42.5 Å². The maximum absolute atomic E-state index is 12.8. The first-order chi connectivity index (χ1) is 15.0. The normalized spacial score (nSPS) is 10.5. The van der Waals surface area contributed by atoms with Crippen LogP contribution in [0.5, 0.6) is 0 Å². The number of hydrogen-bond donors (Lipinski definition) is 2. The molecule has 0 atom stereocenters. The van der Waals surface area contributed by atoms with Crippen LogP contribution in [0, 0.1) is 10.1 Å². The number of carbonyl (C=O) groups excluding carboxylic acids is 2. The lowest BCUT2D eigenvalue weighted by molar-refractivity contribution is -0.384. The Labute approximate surface area is 177 Å². The monoisotopic (exact) mass is 411 g/mol. The smallest absolute Gasteiger partial charge is 0.269 e. The number of amides is 2. The Bertz CT molecular complexity index is 1290. The van der Waals surface area contributed by atoms with Gasteiger partial charge in [-0.3, -0.25) is 19.7 Å². The van der Waals surface area contributed by atoms with Gasteiger partial charge in [-0.1, -0.05) is 42.5 Å². The van der Waals surface area contributed by atoms with Gasteiger partial charge in [0.1, 0.15) is 0 Å². The van der Waals surface area contributed by atoms with Crippen molar-refractivity contribution in [3.05, 3.63) is 112 Å². The van der Waals surface area contributed by atoms with Crippen LogP contribution in [-0.4, -0.2) is 16.7 Å². The van der Waals surface area contributed by atoms with Crippen LogP contribution in [0.25, 0.3) is 10.8 Å². The highest BCUT2D eigenvalue weighted by Crippen LogP contribution is 2.24. The number of anilines is 2. The van der Waals surface area contributed by atoms with Gasteiger partial charge in [0.15, 0.2) is 0 Å². The molecule has 0 unspecified atom stereocenters. The minimum absolute atomic E-state index is 0.0938. The summed E-state index contributed by atoms with van der Waals surface area (Å²) in [6.45, 7) is 0. The lowest BCUT2D eigenvalue weighted by atomic mass is 10.1. The molecule has 2 N–H and O–H groups in total. The second kappa shape index (κ2) is 8.46. The van der Waals surface area contributed by atoms with Crippen molar-refractivity contribution in [2.45, 2.75) is 0 Å². The number of benzene rings is 4. The summed E-state index contributed by atoms with van der Waals surface area (Å²) in [6, 6.07) is 25.3. The molecule has 4 rings (SSSR count). The zero-order chi connectivity index (χ0) is 21.8. The molecule has 7 nitrogen and oxygen atoms in total. The van der Waals surface area contributed by atoms with Gasteiger partial charge >= 0.3 is 0 Å². The predicted molar refractivity (Wildman–Crippen MR) is 119 cm³/mol. The van der Waals surface area contributed by atoms with E-state index in [1.54, 1.807) is 24.3 Å². The fourth-order valence-corrected chi connectivity index (χ4v) is 3.20. The minimum Gasteiger partial charge on any atom is -0.322 e. The SMILES string of the molecule is O=C(Nc1cccc(C(=O)Nc2cccc3ccccc23)c1)c1ccc([N+](=O)[O-])cc1. The van der Waals surface area contributed by atoms with Gasteiger partial charge in [0.05, 0.1) is 4.92 Å². The van der Waals surface area contributed by atoms with E-state index in [1.165, 1.54) is 24.3 Å². The number of rotatable bonds is 5. The number of nitrogens with zero attached hydrogens (tertiary/aromatic N) is 1. The molecule has 0 fully saturated rings. The van der Waals surface area contributed by atoms with Crippen molar-refractivity contribution in [1.82, 2.24) is 0 Å². The molecule has 0 heterocycles. The lowest BCUT2D eigenvalue weighted by Gasteiger charge is -2.10. The summed E-state index contributed by atoms with van der Waals surface area (Å²) in [7, 11) is 0. The summed E-state index contributed by atoms with van der Waals surface area (Å²) in [4.78, 5) is 35.4. The fraction of sp³-hybridized carbons (Fsp3) is 0. The van der Waals surface area contributed by atoms with Crippen LogP contribution in [0.15, 0.2) is 91.0 Å². The number of carbonyl (C=O) groups is 2. The van der Waals surface area contributed by atoms with Crippen molar-refractivity contribution in [3.8, 4) is 0 Å². The topological polar surface area (TPSA) is 101 Å². The molecular formula is C24H17N3O4. The van der Waals surface area contributed by atoms with Gasteiger partial charge in [0.25, 0.3) is 17.5 Å². The average molecular weight is 411 g/mol. The minimum atomic E-state index is -0.528. The van der Waals surface area contributed by atoms with Crippen LogP contribution in [0.1, 0.15) is 20.7 Å². The number of fused-ring (bicyclic) bond motifs is 1. The molecule has 0 aliphatic carbocycles. The Morgan fingerprint density at radius 1 is 0.710 bits per heavy atom. The van der Waals surface area contributed by atoms with Crippen LogP contribution < -0.4 is 10.6 Å². The Morgan fingerprint density at radius 2 is 1.39 bits per heavy atom. The van der Waals surface area contributed by atoms with Gasteiger partial charge in [-0.2, -0.15) is 0 Å². The van der Waals surface area contributed by atoms with Crippen molar-refractivity contribution < 1.29 is 14.5 Å². The molecule has 7 heteroatoms. The van der Waals surface area contributed by atoms with Crippen LogP contribution in [-0.2, 0) is 0 Å². The van der Waals surface area contributed by atoms with E-state index in [-0.39, 0.29) is 17.2 Å². The van der Waals surface area contributed by atoms with Gasteiger partial charge in [-0.15, -0.1) is 0 Å². The van der Waals surface area contributed by atoms with E-state index in [4.69, 9.17) is 0 Å².